The Kier molecular flexibility index (Phi) is 2.64. The highest BCUT2D eigenvalue weighted by Crippen LogP contribution is 2.60. The molecule has 2 rings (SSSR count). The molecule has 0 bridgehead atoms. The van der Waals surface area contributed by atoms with E-state index in [9.17, 15) is 4.79 Å². The molecule has 15 heavy (non-hydrogen) atoms. The highest BCUT2D eigenvalue weighted by molar-refractivity contribution is 5.52. The van der Waals surface area contributed by atoms with Crippen LogP contribution in [0.5, 0.6) is 0 Å². The summed E-state index contributed by atoms with van der Waals surface area (Å²) in [4.78, 5) is 10.6. The Hall–Kier alpha value is -1.11. The summed E-state index contributed by atoms with van der Waals surface area (Å²) in [6, 6.07) is 10.6. The van der Waals surface area contributed by atoms with Crippen LogP contribution in [-0.4, -0.2) is 6.29 Å². The molecule has 0 heterocycles. The van der Waals surface area contributed by atoms with Crippen molar-refractivity contribution in [1.29, 1.82) is 0 Å². The lowest BCUT2D eigenvalue weighted by atomic mass is 9.90. The second-order valence-corrected chi connectivity index (χ2v) is 5.03. The third kappa shape index (κ3) is 1.97. The molecule has 1 aromatic carbocycles. The molecule has 1 aliphatic carbocycles. The number of hydrogen-bond donors (Lipinski definition) is 0. The summed E-state index contributed by atoms with van der Waals surface area (Å²) in [5.41, 5.74) is 1.67. The second kappa shape index (κ2) is 3.80. The van der Waals surface area contributed by atoms with Crippen LogP contribution in [0.4, 0.5) is 0 Å². The zero-order valence-electron chi connectivity index (χ0n) is 9.44. The average Bonchev–Trinajstić information content (AvgIpc) is 2.91. The Morgan fingerprint density at radius 3 is 2.73 bits per heavy atom. The van der Waals surface area contributed by atoms with Gasteiger partial charge >= 0.3 is 0 Å². The van der Waals surface area contributed by atoms with Crippen LogP contribution < -0.4 is 0 Å². The van der Waals surface area contributed by atoms with Crippen LogP contribution in [0.3, 0.4) is 0 Å². The lowest BCUT2D eigenvalue weighted by Crippen LogP contribution is -2.05. The van der Waals surface area contributed by atoms with Gasteiger partial charge in [-0.1, -0.05) is 44.2 Å². The van der Waals surface area contributed by atoms with Crippen LogP contribution in [0.2, 0.25) is 0 Å². The zero-order valence-corrected chi connectivity index (χ0v) is 9.44. The summed E-state index contributed by atoms with van der Waals surface area (Å²) in [6.07, 6.45) is 2.98. The molecule has 0 aromatic heterocycles. The molecule has 0 spiro atoms. The highest BCUT2D eigenvalue weighted by atomic mass is 16.1. The van der Waals surface area contributed by atoms with Gasteiger partial charge in [-0.2, -0.15) is 0 Å². The fourth-order valence-corrected chi connectivity index (χ4v) is 2.64. The van der Waals surface area contributed by atoms with Crippen molar-refractivity contribution in [3.05, 3.63) is 35.9 Å². The number of rotatable bonds is 4. The first-order chi connectivity index (χ1) is 7.17. The van der Waals surface area contributed by atoms with Crippen LogP contribution in [0, 0.1) is 11.3 Å². The predicted molar refractivity (Wildman–Crippen MR) is 61.8 cm³/mol. The van der Waals surface area contributed by atoms with Crippen molar-refractivity contribution in [3.63, 3.8) is 0 Å². The van der Waals surface area contributed by atoms with Gasteiger partial charge in [0.2, 0.25) is 0 Å². The molecule has 1 heteroatoms. The van der Waals surface area contributed by atoms with Gasteiger partial charge in [-0.3, -0.25) is 0 Å². The van der Waals surface area contributed by atoms with Crippen LogP contribution in [0.1, 0.15) is 38.2 Å². The minimum absolute atomic E-state index is 0.275. The minimum atomic E-state index is 0.275. The monoisotopic (exact) mass is 202 g/mol. The molecule has 3 atom stereocenters. The molecule has 1 saturated carbocycles. The maximum absolute atomic E-state index is 10.6. The third-order valence-electron chi connectivity index (χ3n) is 3.90. The molecule has 0 N–H and O–H groups in total. The second-order valence-electron chi connectivity index (χ2n) is 5.03. The zero-order chi connectivity index (χ0) is 10.9. The summed E-state index contributed by atoms with van der Waals surface area (Å²) >= 11 is 0. The van der Waals surface area contributed by atoms with Gasteiger partial charge in [0.25, 0.3) is 0 Å². The molecular formula is C14H18O. The molecular weight excluding hydrogens is 184 g/mol. The summed E-state index contributed by atoms with van der Waals surface area (Å²) < 4.78 is 0. The van der Waals surface area contributed by atoms with Crippen LogP contribution in [0.15, 0.2) is 30.3 Å². The number of aldehydes is 1. The van der Waals surface area contributed by atoms with Crippen molar-refractivity contribution in [2.24, 2.45) is 11.3 Å². The smallest absolute Gasteiger partial charge is 0.120 e. The molecule has 0 radical (unpaired) electrons. The van der Waals surface area contributed by atoms with E-state index in [1.807, 2.05) is 6.07 Å². The maximum Gasteiger partial charge on any atom is 0.120 e. The molecule has 0 amide bonds. The summed E-state index contributed by atoms with van der Waals surface area (Å²) in [7, 11) is 0. The van der Waals surface area contributed by atoms with Gasteiger partial charge in [-0.25, -0.2) is 0 Å². The lowest BCUT2D eigenvalue weighted by Gasteiger charge is -2.14. The molecule has 0 aliphatic heterocycles. The van der Waals surface area contributed by atoms with E-state index in [0.29, 0.717) is 11.8 Å². The van der Waals surface area contributed by atoms with Crippen molar-refractivity contribution in [1.82, 2.24) is 0 Å². The Labute approximate surface area is 91.5 Å². The first-order valence-electron chi connectivity index (χ1n) is 5.66. The molecule has 1 nitrogen and oxygen atoms in total. The molecule has 80 valence electrons. The van der Waals surface area contributed by atoms with Gasteiger partial charge in [-0.05, 0) is 29.2 Å². The minimum Gasteiger partial charge on any atom is -0.303 e. The summed E-state index contributed by atoms with van der Waals surface area (Å²) in [6.45, 7) is 4.50. The number of benzene rings is 1. The van der Waals surface area contributed by atoms with Gasteiger partial charge in [0, 0.05) is 6.42 Å². The van der Waals surface area contributed by atoms with Crippen molar-refractivity contribution < 1.29 is 4.79 Å². The van der Waals surface area contributed by atoms with Crippen molar-refractivity contribution in [3.8, 4) is 0 Å². The maximum atomic E-state index is 10.6. The number of carbonyl (C=O) groups excluding carboxylic acids is 1. The van der Waals surface area contributed by atoms with Gasteiger partial charge in [0.1, 0.15) is 6.29 Å². The van der Waals surface area contributed by atoms with E-state index in [-0.39, 0.29) is 5.41 Å². The predicted octanol–water partition coefficient (Wildman–Crippen LogP) is 3.41. The fraction of sp³-hybridized carbons (Fsp3) is 0.500. The van der Waals surface area contributed by atoms with Crippen molar-refractivity contribution >= 4 is 6.29 Å². The molecule has 1 aliphatic rings. The molecule has 0 unspecified atom stereocenters. The van der Waals surface area contributed by atoms with Gasteiger partial charge in [0.15, 0.2) is 0 Å². The van der Waals surface area contributed by atoms with E-state index in [0.717, 1.165) is 12.7 Å². The molecule has 0 saturated heterocycles. The average molecular weight is 202 g/mol. The molecule has 1 aromatic rings. The number of hydrogen-bond acceptors (Lipinski definition) is 1. The largest absolute Gasteiger partial charge is 0.303 e. The van der Waals surface area contributed by atoms with E-state index in [1.54, 1.807) is 0 Å². The van der Waals surface area contributed by atoms with E-state index in [2.05, 4.69) is 38.1 Å². The Bertz CT molecular complexity index is 344. The van der Waals surface area contributed by atoms with Crippen molar-refractivity contribution in [2.75, 3.05) is 0 Å². The van der Waals surface area contributed by atoms with E-state index in [4.69, 9.17) is 0 Å². The standard InChI is InChI=1S/C14H18O/c1-11(12-6-4-3-5-7-12)13-10-14(13,2)8-9-15/h3-7,9,11,13H,8,10H2,1-2H3/t11-,13-,14-/m0/s1. The SMILES string of the molecule is C[C@@H](c1ccccc1)[C@@H]1C[C@]1(C)CC=O. The van der Waals surface area contributed by atoms with E-state index >= 15 is 0 Å². The topological polar surface area (TPSA) is 17.1 Å². The lowest BCUT2D eigenvalue weighted by molar-refractivity contribution is -0.108. The summed E-state index contributed by atoms with van der Waals surface area (Å²) in [5.74, 6) is 1.27. The Morgan fingerprint density at radius 2 is 2.13 bits per heavy atom. The van der Waals surface area contributed by atoms with Gasteiger partial charge < -0.3 is 4.79 Å². The van der Waals surface area contributed by atoms with Crippen LogP contribution >= 0.6 is 0 Å². The van der Waals surface area contributed by atoms with Crippen LogP contribution in [0.25, 0.3) is 0 Å². The Balaban J connectivity index is 2.06. The summed E-state index contributed by atoms with van der Waals surface area (Å²) in [5, 5.41) is 0. The van der Waals surface area contributed by atoms with Crippen LogP contribution in [-0.2, 0) is 4.79 Å². The first-order valence-corrected chi connectivity index (χ1v) is 5.66. The first kappa shape index (κ1) is 10.4. The van der Waals surface area contributed by atoms with E-state index < -0.39 is 0 Å². The number of carbonyl (C=O) groups is 1. The molecule has 1 fully saturated rings. The van der Waals surface area contributed by atoms with Crippen molar-refractivity contribution in [2.45, 2.75) is 32.6 Å². The van der Waals surface area contributed by atoms with E-state index in [1.165, 1.54) is 12.0 Å². The van der Waals surface area contributed by atoms with Gasteiger partial charge in [0.05, 0.1) is 0 Å². The van der Waals surface area contributed by atoms with Gasteiger partial charge in [-0.15, -0.1) is 0 Å². The highest BCUT2D eigenvalue weighted by Gasteiger charge is 2.51. The Morgan fingerprint density at radius 1 is 1.47 bits per heavy atom. The third-order valence-corrected chi connectivity index (χ3v) is 3.90. The fourth-order valence-electron chi connectivity index (χ4n) is 2.64. The quantitative estimate of drug-likeness (QED) is 0.684. The normalized spacial score (nSPS) is 30.9.